The Morgan fingerprint density at radius 3 is 2.33 bits per heavy atom. The van der Waals surface area contributed by atoms with Gasteiger partial charge in [0.05, 0.1) is 21.1 Å². The van der Waals surface area contributed by atoms with Crippen molar-refractivity contribution in [3.8, 4) is 0 Å². The summed E-state index contributed by atoms with van der Waals surface area (Å²) < 4.78 is 35.9. The fourth-order valence-corrected chi connectivity index (χ4v) is 8.10. The Labute approximate surface area is 266 Å². The zero-order valence-electron chi connectivity index (χ0n) is 25.0. The summed E-state index contributed by atoms with van der Waals surface area (Å²) in [5, 5.41) is 11.9. The van der Waals surface area contributed by atoms with Gasteiger partial charge in [-0.3, -0.25) is 9.10 Å². The number of fused-ring (bicyclic) bond motifs is 1. The minimum atomic E-state index is -4.11. The summed E-state index contributed by atoms with van der Waals surface area (Å²) in [6.45, 7) is 5.91. The molecule has 0 aliphatic carbocycles. The van der Waals surface area contributed by atoms with Gasteiger partial charge in [0.2, 0.25) is 5.76 Å². The number of hydrogen-bond donors (Lipinski definition) is 1. The number of furan rings is 1. The van der Waals surface area contributed by atoms with Crippen molar-refractivity contribution in [2.75, 3.05) is 41.9 Å². The molecule has 1 amide bonds. The van der Waals surface area contributed by atoms with Crippen LogP contribution in [0.15, 0.2) is 93.6 Å². The number of aromatic carboxylic acids is 1. The maximum atomic E-state index is 14.5. The van der Waals surface area contributed by atoms with Crippen LogP contribution in [0, 0.1) is 13.8 Å². The molecule has 0 radical (unpaired) electrons. The lowest BCUT2D eigenvalue weighted by atomic mass is 10.1. The van der Waals surface area contributed by atoms with E-state index in [2.05, 4.69) is 4.90 Å². The largest absolute Gasteiger partial charge is 0.475 e. The van der Waals surface area contributed by atoms with Gasteiger partial charge >= 0.3 is 5.97 Å². The van der Waals surface area contributed by atoms with Gasteiger partial charge < -0.3 is 19.3 Å². The molecule has 3 aromatic carbocycles. The highest BCUT2D eigenvalue weighted by Gasteiger charge is 2.31. The molecule has 0 unspecified atom stereocenters. The number of para-hydroxylation sites is 2. The maximum Gasteiger partial charge on any atom is 0.372 e. The second-order valence-corrected chi connectivity index (χ2v) is 13.9. The van der Waals surface area contributed by atoms with E-state index in [1.807, 2.05) is 77.9 Å². The SMILES string of the molecule is Cc1csc(C(=O)N2CCN(c3ccccc3N(CCc3ccccc3)S(=O)(=O)c3ccc4oc(C(=O)O)c(C)c4c3)CC2)c1. The smallest absolute Gasteiger partial charge is 0.372 e. The zero-order chi connectivity index (χ0) is 31.7. The van der Waals surface area contributed by atoms with Crippen molar-refractivity contribution in [2.24, 2.45) is 0 Å². The van der Waals surface area contributed by atoms with E-state index in [9.17, 15) is 23.1 Å². The number of nitrogens with zero attached hydrogens (tertiary/aromatic N) is 3. The first-order valence-corrected chi connectivity index (χ1v) is 17.0. The molecule has 0 atom stereocenters. The van der Waals surface area contributed by atoms with Crippen LogP contribution >= 0.6 is 11.3 Å². The van der Waals surface area contributed by atoms with Gasteiger partial charge in [0.25, 0.3) is 15.9 Å². The Morgan fingerprint density at radius 2 is 1.64 bits per heavy atom. The van der Waals surface area contributed by atoms with Crippen LogP contribution in [0.1, 0.15) is 36.9 Å². The number of aryl methyl sites for hydroxylation is 2. The third-order valence-electron chi connectivity index (χ3n) is 8.14. The zero-order valence-corrected chi connectivity index (χ0v) is 26.6. The Balaban J connectivity index is 1.34. The molecule has 232 valence electrons. The second-order valence-electron chi connectivity index (χ2n) is 11.1. The van der Waals surface area contributed by atoms with Gasteiger partial charge in [-0.15, -0.1) is 11.3 Å². The fraction of sp³-hybridized carbons (Fsp3) is 0.235. The van der Waals surface area contributed by atoms with E-state index in [1.165, 1.54) is 33.8 Å². The number of amides is 1. The molecule has 11 heteroatoms. The van der Waals surface area contributed by atoms with Crippen molar-refractivity contribution >= 4 is 55.6 Å². The molecule has 1 aliphatic rings. The highest BCUT2D eigenvalue weighted by molar-refractivity contribution is 7.92. The number of carboxylic acids is 1. The Kier molecular flexibility index (Phi) is 8.39. The quantitative estimate of drug-likeness (QED) is 0.203. The van der Waals surface area contributed by atoms with Crippen molar-refractivity contribution in [2.45, 2.75) is 25.2 Å². The van der Waals surface area contributed by atoms with Crippen LogP contribution in [0.3, 0.4) is 0 Å². The van der Waals surface area contributed by atoms with E-state index in [0.717, 1.165) is 21.7 Å². The summed E-state index contributed by atoms with van der Waals surface area (Å²) in [6, 6.07) is 23.5. The third-order valence-corrected chi connectivity index (χ3v) is 11.0. The van der Waals surface area contributed by atoms with Crippen LogP contribution in [0.25, 0.3) is 11.0 Å². The van der Waals surface area contributed by atoms with Gasteiger partial charge in [0.15, 0.2) is 0 Å². The monoisotopic (exact) mass is 643 g/mol. The molecule has 3 heterocycles. The second kappa shape index (κ2) is 12.4. The Hall–Kier alpha value is -4.61. The topological polar surface area (TPSA) is 111 Å². The number of carbonyl (C=O) groups excluding carboxylic acids is 1. The van der Waals surface area contributed by atoms with Gasteiger partial charge in [-0.2, -0.15) is 0 Å². The number of rotatable bonds is 9. The predicted octanol–water partition coefficient (Wildman–Crippen LogP) is 6.21. The lowest BCUT2D eigenvalue weighted by molar-refractivity contribution is 0.0663. The number of carboxylic acid groups (broad SMARTS) is 1. The summed E-state index contributed by atoms with van der Waals surface area (Å²) in [5.41, 5.74) is 4.05. The molecule has 6 rings (SSSR count). The van der Waals surface area contributed by atoms with Crippen LogP contribution in [0.4, 0.5) is 11.4 Å². The normalized spacial score (nSPS) is 13.7. The van der Waals surface area contributed by atoms with E-state index >= 15 is 0 Å². The van der Waals surface area contributed by atoms with Gasteiger partial charge in [0.1, 0.15) is 5.58 Å². The summed E-state index contributed by atoms with van der Waals surface area (Å²) in [5.74, 6) is -1.40. The average molecular weight is 644 g/mol. The van der Waals surface area contributed by atoms with Crippen LogP contribution in [-0.4, -0.2) is 63.0 Å². The molecule has 0 spiro atoms. The first-order valence-electron chi connectivity index (χ1n) is 14.6. The van der Waals surface area contributed by atoms with Gasteiger partial charge in [-0.1, -0.05) is 42.5 Å². The molecule has 9 nitrogen and oxygen atoms in total. The summed E-state index contributed by atoms with van der Waals surface area (Å²) >= 11 is 1.45. The molecule has 1 fully saturated rings. The van der Waals surface area contributed by atoms with Crippen molar-refractivity contribution < 1.29 is 27.5 Å². The predicted molar refractivity (Wildman–Crippen MR) is 176 cm³/mol. The number of anilines is 2. The number of hydrogen-bond acceptors (Lipinski definition) is 7. The van der Waals surface area contributed by atoms with Crippen LogP contribution in [0.2, 0.25) is 0 Å². The number of benzene rings is 3. The van der Waals surface area contributed by atoms with Gasteiger partial charge in [-0.25, -0.2) is 13.2 Å². The molecule has 1 saturated heterocycles. The van der Waals surface area contributed by atoms with Crippen molar-refractivity contribution in [3.63, 3.8) is 0 Å². The highest BCUT2D eigenvalue weighted by atomic mass is 32.2. The van der Waals surface area contributed by atoms with Crippen molar-refractivity contribution in [1.82, 2.24) is 4.90 Å². The minimum Gasteiger partial charge on any atom is -0.475 e. The van der Waals surface area contributed by atoms with Gasteiger partial charge in [0, 0.05) is 43.7 Å². The molecule has 5 aromatic rings. The molecular weight excluding hydrogens is 611 g/mol. The van der Waals surface area contributed by atoms with E-state index in [4.69, 9.17) is 4.42 Å². The number of thiophene rings is 1. The van der Waals surface area contributed by atoms with E-state index in [-0.39, 0.29) is 23.1 Å². The first kappa shape index (κ1) is 30.4. The molecule has 0 bridgehead atoms. The fourth-order valence-electron chi connectivity index (χ4n) is 5.73. The van der Waals surface area contributed by atoms with Crippen LogP contribution in [-0.2, 0) is 16.4 Å². The first-order chi connectivity index (χ1) is 21.6. The number of piperazine rings is 1. The van der Waals surface area contributed by atoms with Crippen molar-refractivity contribution in [3.05, 3.63) is 112 Å². The Morgan fingerprint density at radius 1 is 0.933 bits per heavy atom. The highest BCUT2D eigenvalue weighted by Crippen LogP contribution is 2.36. The summed E-state index contributed by atoms with van der Waals surface area (Å²) in [7, 11) is -4.11. The van der Waals surface area contributed by atoms with Crippen LogP contribution < -0.4 is 9.21 Å². The average Bonchev–Trinajstić information content (AvgIpc) is 3.64. The number of carbonyl (C=O) groups is 2. The lowest BCUT2D eigenvalue weighted by Gasteiger charge is -2.38. The van der Waals surface area contributed by atoms with E-state index in [1.54, 1.807) is 6.92 Å². The summed E-state index contributed by atoms with van der Waals surface area (Å²) in [4.78, 5) is 29.5. The molecule has 1 aliphatic heterocycles. The van der Waals surface area contributed by atoms with E-state index < -0.39 is 16.0 Å². The maximum absolute atomic E-state index is 14.5. The third kappa shape index (κ3) is 6.05. The molecule has 2 aromatic heterocycles. The number of sulfonamides is 1. The molecule has 45 heavy (non-hydrogen) atoms. The van der Waals surface area contributed by atoms with Crippen LogP contribution in [0.5, 0.6) is 0 Å². The molecular formula is C34H33N3O6S2. The molecule has 1 N–H and O–H groups in total. The summed E-state index contributed by atoms with van der Waals surface area (Å²) in [6.07, 6.45) is 0.479. The standard InChI is InChI=1S/C34H33N3O6S2/c1-23-20-31(44-22-23)33(38)36-18-16-35(17-19-36)28-10-6-7-11-29(28)37(15-14-25-8-4-3-5-9-25)45(41,42)26-12-13-30-27(21-26)24(2)32(43-30)34(39)40/h3-13,20-22H,14-19H2,1-2H3,(H,39,40). The molecule has 0 saturated carbocycles. The minimum absolute atomic E-state index is 0.0177. The van der Waals surface area contributed by atoms with E-state index in [0.29, 0.717) is 54.8 Å². The van der Waals surface area contributed by atoms with Crippen molar-refractivity contribution in [1.29, 1.82) is 0 Å². The van der Waals surface area contributed by atoms with Gasteiger partial charge in [-0.05, 0) is 73.2 Å². The Bertz CT molecular complexity index is 1980. The lowest BCUT2D eigenvalue weighted by Crippen LogP contribution is -2.49.